The summed E-state index contributed by atoms with van der Waals surface area (Å²) in [7, 11) is 2.99. The molecule has 1 unspecified atom stereocenters. The molecule has 4 rings (SSSR count). The number of nitrogens with two attached hydrogens (primary N) is 1. The molecule has 278 valence electrons. The zero-order chi connectivity index (χ0) is 38.4. The molecule has 0 fully saturated rings. The number of carbonyl (C=O) groups excluding carboxylic acids is 2. The Morgan fingerprint density at radius 1 is 1.14 bits per heavy atom. The van der Waals surface area contributed by atoms with Gasteiger partial charge in [0.1, 0.15) is 6.33 Å². The van der Waals surface area contributed by atoms with Crippen molar-refractivity contribution in [1.29, 1.82) is 0 Å². The summed E-state index contributed by atoms with van der Waals surface area (Å²) < 4.78 is 31.7. The standard InChI is InChI=1S/C24H23ClF2N8O2.C5H11NO3.C5H12/c1-29-24(28)35(20(12-37-2)16-7-8-19(25)18(9-16)21-30-13-31-33-21)22(36)15-5-3-14(4-6-15)17-10-32-34(11-17)23(26)27;1-5(2-7,3-8)6-4-9;1-5(2,3)4/h3-11,13,20,23H,12H2,1-2H3,(H2,28,29)(H,30,31,33);4,7-8H,2-3H2,1H3,(H,6,9);1-4H3. The average molecular weight is 734 g/mol. The van der Waals surface area contributed by atoms with Crippen LogP contribution in [0.3, 0.4) is 0 Å². The Bertz CT molecular complexity index is 1680. The monoisotopic (exact) mass is 733 g/mol. The fourth-order valence-electron chi connectivity index (χ4n) is 4.08. The second kappa shape index (κ2) is 19.6. The Morgan fingerprint density at radius 2 is 1.76 bits per heavy atom. The first kappa shape index (κ1) is 42.4. The third-order valence-corrected chi connectivity index (χ3v) is 7.08. The molecule has 0 bridgehead atoms. The minimum atomic E-state index is -2.74. The third kappa shape index (κ3) is 12.8. The molecule has 2 heterocycles. The fraction of sp³-hybridized carbons (Fsp3) is 0.412. The summed E-state index contributed by atoms with van der Waals surface area (Å²) in [4.78, 5) is 33.0. The number of aromatic amines is 1. The highest BCUT2D eigenvalue weighted by Gasteiger charge is 2.30. The predicted molar refractivity (Wildman–Crippen MR) is 191 cm³/mol. The molecule has 0 aliphatic rings. The largest absolute Gasteiger partial charge is 0.394 e. The number of nitrogens with one attached hydrogen (secondary N) is 2. The highest BCUT2D eigenvalue weighted by atomic mass is 35.5. The van der Waals surface area contributed by atoms with Crippen molar-refractivity contribution in [2.75, 3.05) is 34.0 Å². The van der Waals surface area contributed by atoms with Gasteiger partial charge in [-0.2, -0.15) is 19.0 Å². The molecular weight excluding hydrogens is 688 g/mol. The fourth-order valence-corrected chi connectivity index (χ4v) is 4.29. The van der Waals surface area contributed by atoms with E-state index in [4.69, 9.17) is 32.3 Å². The number of aromatic nitrogens is 5. The normalized spacial score (nSPS) is 12.3. The Kier molecular flexibility index (Phi) is 16.3. The van der Waals surface area contributed by atoms with Crippen molar-refractivity contribution in [1.82, 2.24) is 35.2 Å². The van der Waals surface area contributed by atoms with Crippen LogP contribution >= 0.6 is 11.6 Å². The Morgan fingerprint density at radius 3 is 2.22 bits per heavy atom. The van der Waals surface area contributed by atoms with Gasteiger partial charge in [0.05, 0.1) is 42.6 Å². The maximum Gasteiger partial charge on any atom is 0.333 e. The van der Waals surface area contributed by atoms with E-state index in [0.29, 0.717) is 55.2 Å². The lowest BCUT2D eigenvalue weighted by molar-refractivity contribution is -0.112. The first-order chi connectivity index (χ1) is 24.0. The summed E-state index contributed by atoms with van der Waals surface area (Å²) in [6.45, 7) is 7.13. The van der Waals surface area contributed by atoms with Gasteiger partial charge in [0.15, 0.2) is 11.8 Å². The van der Waals surface area contributed by atoms with Crippen LogP contribution in [-0.2, 0) is 9.53 Å². The van der Waals surface area contributed by atoms with Gasteiger partial charge in [0.2, 0.25) is 6.41 Å². The Hall–Kier alpha value is -4.77. The van der Waals surface area contributed by atoms with Crippen molar-refractivity contribution in [3.8, 4) is 22.5 Å². The van der Waals surface area contributed by atoms with Gasteiger partial charge in [-0.3, -0.25) is 24.6 Å². The van der Waals surface area contributed by atoms with Gasteiger partial charge >= 0.3 is 6.55 Å². The molecule has 2 amide bonds. The first-order valence-electron chi connectivity index (χ1n) is 15.6. The molecule has 1 atom stereocenters. The number of alkyl halides is 2. The van der Waals surface area contributed by atoms with Crippen LogP contribution in [0.2, 0.25) is 5.02 Å². The summed E-state index contributed by atoms with van der Waals surface area (Å²) in [6, 6.07) is 11.0. The molecule has 2 aromatic heterocycles. The number of carbonyl (C=O) groups is 2. The zero-order valence-corrected chi connectivity index (χ0v) is 30.4. The van der Waals surface area contributed by atoms with Crippen molar-refractivity contribution in [2.45, 2.75) is 52.7 Å². The van der Waals surface area contributed by atoms with E-state index in [1.165, 1.54) is 37.8 Å². The van der Waals surface area contributed by atoms with E-state index in [0.717, 1.165) is 0 Å². The summed E-state index contributed by atoms with van der Waals surface area (Å²) in [5.41, 5.74) is 8.51. The summed E-state index contributed by atoms with van der Waals surface area (Å²) in [5, 5.41) is 30.1. The van der Waals surface area contributed by atoms with Crippen LogP contribution < -0.4 is 11.1 Å². The molecule has 6 N–H and O–H groups in total. The summed E-state index contributed by atoms with van der Waals surface area (Å²) in [5.74, 6) is 0.00502. The van der Waals surface area contributed by atoms with Gasteiger partial charge in [-0.15, -0.1) is 0 Å². The first-order valence-corrected chi connectivity index (χ1v) is 16.0. The molecule has 17 heteroatoms. The van der Waals surface area contributed by atoms with Gasteiger partial charge < -0.3 is 26.0 Å². The average Bonchev–Trinajstić information content (AvgIpc) is 3.82. The molecule has 0 saturated heterocycles. The van der Waals surface area contributed by atoms with Crippen molar-refractivity contribution >= 4 is 29.9 Å². The highest BCUT2D eigenvalue weighted by molar-refractivity contribution is 6.33. The van der Waals surface area contributed by atoms with Crippen LogP contribution in [-0.4, -0.2) is 97.9 Å². The minimum absolute atomic E-state index is 0.0227. The van der Waals surface area contributed by atoms with Crippen LogP contribution in [0, 0.1) is 5.41 Å². The smallest absolute Gasteiger partial charge is 0.333 e. The number of hydrogen-bond donors (Lipinski definition) is 5. The van der Waals surface area contributed by atoms with E-state index < -0.39 is 24.0 Å². The number of aliphatic imine (C=N–C) groups is 1. The van der Waals surface area contributed by atoms with Crippen LogP contribution in [0.1, 0.15) is 63.1 Å². The van der Waals surface area contributed by atoms with Crippen molar-refractivity contribution in [3.05, 3.63) is 77.3 Å². The Balaban J connectivity index is 0.000000543. The maximum atomic E-state index is 13.7. The van der Waals surface area contributed by atoms with E-state index in [-0.39, 0.29) is 25.8 Å². The number of ether oxygens (including phenoxy) is 1. The molecule has 0 radical (unpaired) electrons. The van der Waals surface area contributed by atoms with E-state index in [1.807, 2.05) is 0 Å². The van der Waals surface area contributed by atoms with E-state index in [9.17, 15) is 18.4 Å². The number of halogens is 3. The maximum absolute atomic E-state index is 13.7. The number of amides is 2. The van der Waals surface area contributed by atoms with Gasteiger partial charge in [-0.1, -0.05) is 57.5 Å². The summed E-state index contributed by atoms with van der Waals surface area (Å²) >= 11 is 6.39. The molecule has 14 nitrogen and oxygen atoms in total. The number of benzene rings is 2. The lowest BCUT2D eigenvalue weighted by atomic mass is 10.0. The molecule has 4 aromatic rings. The minimum Gasteiger partial charge on any atom is -0.394 e. The van der Waals surface area contributed by atoms with Crippen molar-refractivity contribution in [2.24, 2.45) is 16.1 Å². The van der Waals surface area contributed by atoms with Crippen LogP contribution in [0.25, 0.3) is 22.5 Å². The number of rotatable bonds is 12. The number of methoxy groups -OCH3 is 1. The molecular formula is C34H46ClF2N9O5. The molecule has 0 spiro atoms. The molecule has 0 saturated carbocycles. The van der Waals surface area contributed by atoms with Gasteiger partial charge in [0, 0.05) is 37.0 Å². The molecule has 51 heavy (non-hydrogen) atoms. The van der Waals surface area contributed by atoms with Gasteiger partial charge in [0.25, 0.3) is 5.91 Å². The van der Waals surface area contributed by atoms with E-state index >= 15 is 0 Å². The SMILES string of the molecule is CC(C)(C)C.CC(CO)(CO)NC=O.CN=C(N)N(C(=O)c1ccc(-c2cnn(C(F)F)c2)cc1)C(COC)c1ccc(Cl)c(-c2ncn[nH]2)c1. The number of H-pyrrole nitrogens is 1. The van der Waals surface area contributed by atoms with Crippen LogP contribution in [0.5, 0.6) is 0 Å². The number of guanidine groups is 1. The van der Waals surface area contributed by atoms with Gasteiger partial charge in [-0.05, 0) is 47.7 Å². The Labute approximate surface area is 300 Å². The lowest BCUT2D eigenvalue weighted by Gasteiger charge is -2.31. The van der Waals surface area contributed by atoms with E-state index in [1.54, 1.807) is 49.4 Å². The second-order valence-corrected chi connectivity index (χ2v) is 13.4. The third-order valence-electron chi connectivity index (χ3n) is 6.75. The van der Waals surface area contributed by atoms with Gasteiger partial charge in [-0.25, -0.2) is 9.67 Å². The summed E-state index contributed by atoms with van der Waals surface area (Å²) in [6.07, 6.45) is 4.38. The topological polar surface area (TPSA) is 197 Å². The number of nitrogens with zero attached hydrogens (tertiary/aromatic N) is 6. The van der Waals surface area contributed by atoms with Crippen molar-refractivity contribution < 1.29 is 33.3 Å². The van der Waals surface area contributed by atoms with Crippen molar-refractivity contribution in [3.63, 3.8) is 0 Å². The van der Waals surface area contributed by atoms with E-state index in [2.05, 4.69) is 58.3 Å². The predicted octanol–water partition coefficient (Wildman–Crippen LogP) is 4.69. The number of aliphatic hydroxyl groups excluding tert-OH is 2. The quantitative estimate of drug-likeness (QED) is 0.0780. The molecule has 2 aromatic carbocycles. The molecule has 0 aliphatic carbocycles. The number of hydrogen-bond acceptors (Lipinski definition) is 9. The molecule has 0 aliphatic heterocycles. The van der Waals surface area contributed by atoms with Crippen LogP contribution in [0.15, 0.2) is 66.2 Å². The number of aliphatic hydroxyl groups is 2. The van der Waals surface area contributed by atoms with Crippen LogP contribution in [0.4, 0.5) is 8.78 Å². The highest BCUT2D eigenvalue weighted by Crippen LogP contribution is 2.32. The zero-order valence-electron chi connectivity index (χ0n) is 29.6. The lowest BCUT2D eigenvalue weighted by Crippen LogP contribution is -2.48. The second-order valence-electron chi connectivity index (χ2n) is 13.0.